The molecular formula is C14H20FNO2. The molecule has 1 aromatic rings. The van der Waals surface area contributed by atoms with E-state index in [-0.39, 0.29) is 11.9 Å². The molecule has 100 valence electrons. The van der Waals surface area contributed by atoms with Gasteiger partial charge in [-0.1, -0.05) is 0 Å². The number of hydrogen-bond donors (Lipinski definition) is 1. The first kappa shape index (κ1) is 13.3. The fourth-order valence-electron chi connectivity index (χ4n) is 2.12. The molecule has 2 atom stereocenters. The van der Waals surface area contributed by atoms with Crippen molar-refractivity contribution in [1.29, 1.82) is 0 Å². The second-order valence-electron chi connectivity index (χ2n) is 4.97. The van der Waals surface area contributed by atoms with Gasteiger partial charge in [-0.2, -0.15) is 0 Å². The van der Waals surface area contributed by atoms with E-state index < -0.39 is 0 Å². The maximum Gasteiger partial charge on any atom is 0.123 e. The SMILES string of the molecule is CC(N)Cc1cc(F)ccc1OCC1CCOC1. The summed E-state index contributed by atoms with van der Waals surface area (Å²) in [6.07, 6.45) is 1.65. The highest BCUT2D eigenvalue weighted by Crippen LogP contribution is 2.23. The van der Waals surface area contributed by atoms with Gasteiger partial charge in [0.2, 0.25) is 0 Å². The monoisotopic (exact) mass is 253 g/mol. The first-order valence-electron chi connectivity index (χ1n) is 6.39. The summed E-state index contributed by atoms with van der Waals surface area (Å²) >= 11 is 0. The maximum atomic E-state index is 13.2. The topological polar surface area (TPSA) is 44.5 Å². The van der Waals surface area contributed by atoms with Crippen molar-refractivity contribution in [2.45, 2.75) is 25.8 Å². The summed E-state index contributed by atoms with van der Waals surface area (Å²) in [6, 6.07) is 4.60. The predicted octanol–water partition coefficient (Wildman–Crippen LogP) is 2.13. The van der Waals surface area contributed by atoms with Crippen LogP contribution in [-0.4, -0.2) is 25.9 Å². The first-order valence-corrected chi connectivity index (χ1v) is 6.39. The molecule has 0 radical (unpaired) electrons. The average molecular weight is 253 g/mol. The molecule has 1 heterocycles. The van der Waals surface area contributed by atoms with E-state index >= 15 is 0 Å². The molecule has 18 heavy (non-hydrogen) atoms. The Labute approximate surface area is 107 Å². The molecule has 0 aromatic heterocycles. The fraction of sp³-hybridized carbons (Fsp3) is 0.571. The van der Waals surface area contributed by atoms with Gasteiger partial charge in [0.25, 0.3) is 0 Å². The Hall–Kier alpha value is -1.13. The molecule has 1 fully saturated rings. The normalized spacial score (nSPS) is 20.9. The highest BCUT2D eigenvalue weighted by atomic mass is 19.1. The molecule has 0 amide bonds. The van der Waals surface area contributed by atoms with Crippen LogP contribution in [0.5, 0.6) is 5.75 Å². The Bertz CT molecular complexity index is 389. The van der Waals surface area contributed by atoms with Gasteiger partial charge in [-0.15, -0.1) is 0 Å². The van der Waals surface area contributed by atoms with Crippen molar-refractivity contribution in [2.75, 3.05) is 19.8 Å². The highest BCUT2D eigenvalue weighted by molar-refractivity contribution is 5.34. The van der Waals surface area contributed by atoms with Crippen molar-refractivity contribution < 1.29 is 13.9 Å². The zero-order valence-electron chi connectivity index (χ0n) is 10.7. The van der Waals surface area contributed by atoms with Gasteiger partial charge in [-0.25, -0.2) is 4.39 Å². The maximum absolute atomic E-state index is 13.2. The van der Waals surface area contributed by atoms with Crippen LogP contribution in [0.1, 0.15) is 18.9 Å². The Balaban J connectivity index is 2.00. The van der Waals surface area contributed by atoms with Gasteiger partial charge >= 0.3 is 0 Å². The molecular weight excluding hydrogens is 233 g/mol. The smallest absolute Gasteiger partial charge is 0.123 e. The van der Waals surface area contributed by atoms with Crippen LogP contribution in [-0.2, 0) is 11.2 Å². The van der Waals surface area contributed by atoms with E-state index in [9.17, 15) is 4.39 Å². The lowest BCUT2D eigenvalue weighted by Crippen LogP contribution is -2.19. The van der Waals surface area contributed by atoms with Gasteiger partial charge in [0.15, 0.2) is 0 Å². The summed E-state index contributed by atoms with van der Waals surface area (Å²) < 4.78 is 24.3. The lowest BCUT2D eigenvalue weighted by molar-refractivity contribution is 0.166. The van der Waals surface area contributed by atoms with Crippen molar-refractivity contribution in [2.24, 2.45) is 11.7 Å². The lowest BCUT2D eigenvalue weighted by atomic mass is 10.1. The van der Waals surface area contributed by atoms with Crippen LogP contribution in [0, 0.1) is 11.7 Å². The third-order valence-electron chi connectivity index (χ3n) is 3.06. The quantitative estimate of drug-likeness (QED) is 0.874. The van der Waals surface area contributed by atoms with Crippen LogP contribution >= 0.6 is 0 Å². The third-order valence-corrected chi connectivity index (χ3v) is 3.06. The molecule has 4 heteroatoms. The average Bonchev–Trinajstić information content (AvgIpc) is 2.80. The third kappa shape index (κ3) is 3.68. The second kappa shape index (κ2) is 6.16. The number of hydrogen-bond acceptors (Lipinski definition) is 3. The van der Waals surface area contributed by atoms with E-state index in [0.29, 0.717) is 18.9 Å². The van der Waals surface area contributed by atoms with Gasteiger partial charge in [0.1, 0.15) is 11.6 Å². The number of nitrogens with two attached hydrogens (primary N) is 1. The molecule has 0 spiro atoms. The first-order chi connectivity index (χ1) is 8.65. The zero-order chi connectivity index (χ0) is 13.0. The minimum absolute atomic E-state index is 0.0102. The van der Waals surface area contributed by atoms with Crippen LogP contribution in [0.15, 0.2) is 18.2 Å². The van der Waals surface area contributed by atoms with Crippen molar-refractivity contribution in [1.82, 2.24) is 0 Å². The van der Waals surface area contributed by atoms with Gasteiger partial charge in [-0.3, -0.25) is 0 Å². The molecule has 2 N–H and O–H groups in total. The summed E-state index contributed by atoms with van der Waals surface area (Å²) in [6.45, 7) is 4.09. The van der Waals surface area contributed by atoms with Crippen LogP contribution in [0.25, 0.3) is 0 Å². The van der Waals surface area contributed by atoms with E-state index in [1.54, 1.807) is 6.07 Å². The molecule has 1 aliphatic rings. The fourth-order valence-corrected chi connectivity index (χ4v) is 2.12. The van der Waals surface area contributed by atoms with Gasteiger partial charge in [0, 0.05) is 18.6 Å². The number of benzene rings is 1. The molecule has 3 nitrogen and oxygen atoms in total. The predicted molar refractivity (Wildman–Crippen MR) is 68.2 cm³/mol. The summed E-state index contributed by atoms with van der Waals surface area (Å²) in [5, 5.41) is 0. The number of halogens is 1. The van der Waals surface area contributed by atoms with Gasteiger partial charge in [-0.05, 0) is 43.5 Å². The molecule has 1 aliphatic heterocycles. The Kier molecular flexibility index (Phi) is 4.55. The van der Waals surface area contributed by atoms with E-state index in [1.807, 2.05) is 6.92 Å². The van der Waals surface area contributed by atoms with E-state index in [4.69, 9.17) is 15.2 Å². The van der Waals surface area contributed by atoms with E-state index in [0.717, 1.165) is 30.9 Å². The van der Waals surface area contributed by atoms with Crippen molar-refractivity contribution in [3.8, 4) is 5.75 Å². The van der Waals surface area contributed by atoms with Crippen LogP contribution in [0.3, 0.4) is 0 Å². The van der Waals surface area contributed by atoms with Crippen molar-refractivity contribution >= 4 is 0 Å². The van der Waals surface area contributed by atoms with Crippen LogP contribution in [0.2, 0.25) is 0 Å². The van der Waals surface area contributed by atoms with E-state index in [2.05, 4.69) is 0 Å². The summed E-state index contributed by atoms with van der Waals surface area (Å²) in [5.41, 5.74) is 6.60. The van der Waals surface area contributed by atoms with Crippen LogP contribution in [0.4, 0.5) is 4.39 Å². The van der Waals surface area contributed by atoms with Crippen LogP contribution < -0.4 is 10.5 Å². The van der Waals surface area contributed by atoms with Crippen molar-refractivity contribution in [3.63, 3.8) is 0 Å². The Morgan fingerprint density at radius 1 is 1.56 bits per heavy atom. The summed E-state index contributed by atoms with van der Waals surface area (Å²) in [4.78, 5) is 0. The minimum Gasteiger partial charge on any atom is -0.493 e. The molecule has 0 bridgehead atoms. The number of ether oxygens (including phenoxy) is 2. The minimum atomic E-state index is -0.248. The molecule has 1 saturated heterocycles. The van der Waals surface area contributed by atoms with Crippen molar-refractivity contribution in [3.05, 3.63) is 29.6 Å². The summed E-state index contributed by atoms with van der Waals surface area (Å²) in [5.74, 6) is 0.931. The molecule has 0 aliphatic carbocycles. The largest absolute Gasteiger partial charge is 0.493 e. The van der Waals surface area contributed by atoms with Gasteiger partial charge in [0.05, 0.1) is 13.2 Å². The van der Waals surface area contributed by atoms with E-state index in [1.165, 1.54) is 12.1 Å². The number of rotatable bonds is 5. The molecule has 1 aromatic carbocycles. The Morgan fingerprint density at radius 3 is 3.06 bits per heavy atom. The standard InChI is InChI=1S/C14H20FNO2/c1-10(16)6-12-7-13(15)2-3-14(12)18-9-11-4-5-17-8-11/h2-3,7,10-11H,4-6,8-9,16H2,1H3. The zero-order valence-corrected chi connectivity index (χ0v) is 10.7. The van der Waals surface area contributed by atoms with Gasteiger partial charge < -0.3 is 15.2 Å². The molecule has 2 unspecified atom stereocenters. The molecule has 2 rings (SSSR count). The highest BCUT2D eigenvalue weighted by Gasteiger charge is 2.17. The Morgan fingerprint density at radius 2 is 2.39 bits per heavy atom. The molecule has 0 saturated carbocycles. The lowest BCUT2D eigenvalue weighted by Gasteiger charge is -2.15. The second-order valence-corrected chi connectivity index (χ2v) is 4.97. The summed E-state index contributed by atoms with van der Waals surface area (Å²) in [7, 11) is 0.